The monoisotopic (exact) mass is 266 g/mol. The average Bonchev–Trinajstić information content (AvgIpc) is 2.37. The molecule has 0 amide bonds. The molecule has 0 aliphatic carbocycles. The van der Waals surface area contributed by atoms with E-state index in [-0.39, 0.29) is 6.79 Å². The second kappa shape index (κ2) is 8.18. The summed E-state index contributed by atoms with van der Waals surface area (Å²) in [6, 6.07) is 6.24. The van der Waals surface area contributed by atoms with Crippen LogP contribution in [0.2, 0.25) is 0 Å². The van der Waals surface area contributed by atoms with Gasteiger partial charge in [-0.1, -0.05) is 39.8 Å². The lowest BCUT2D eigenvalue weighted by Crippen LogP contribution is -2.10. The van der Waals surface area contributed by atoms with Crippen LogP contribution in [0.15, 0.2) is 18.2 Å². The predicted octanol–water partition coefficient (Wildman–Crippen LogP) is 3.93. The van der Waals surface area contributed by atoms with Crippen LogP contribution in [0.4, 0.5) is 0 Å². The molecule has 0 atom stereocenters. The van der Waals surface area contributed by atoms with Crippen LogP contribution in [0.3, 0.4) is 0 Å². The third-order valence-electron chi connectivity index (χ3n) is 3.03. The Labute approximate surface area is 116 Å². The second-order valence-corrected chi connectivity index (χ2v) is 5.23. The molecular weight excluding hydrogens is 240 g/mol. The van der Waals surface area contributed by atoms with Crippen molar-refractivity contribution in [3.63, 3.8) is 0 Å². The summed E-state index contributed by atoms with van der Waals surface area (Å²) in [4.78, 5) is 0. The van der Waals surface area contributed by atoms with Crippen LogP contribution in [0.25, 0.3) is 0 Å². The molecule has 19 heavy (non-hydrogen) atoms. The molecule has 3 heteroatoms. The highest BCUT2D eigenvalue weighted by Crippen LogP contribution is 2.33. The minimum Gasteiger partial charge on any atom is -0.467 e. The molecule has 3 nitrogen and oxygen atoms in total. The summed E-state index contributed by atoms with van der Waals surface area (Å²) in [7, 11) is 1.66. The van der Waals surface area contributed by atoms with Crippen LogP contribution in [-0.2, 0) is 9.47 Å². The molecule has 1 rings (SSSR count). The maximum Gasteiger partial charge on any atom is 0.189 e. The van der Waals surface area contributed by atoms with Crippen LogP contribution >= 0.6 is 0 Å². The molecule has 0 heterocycles. The van der Waals surface area contributed by atoms with Gasteiger partial charge in [0, 0.05) is 12.7 Å². The van der Waals surface area contributed by atoms with Crippen molar-refractivity contribution < 1.29 is 14.2 Å². The van der Waals surface area contributed by atoms with E-state index in [1.54, 1.807) is 7.11 Å². The molecule has 0 aromatic heterocycles. The Hall–Kier alpha value is -1.06. The summed E-state index contributed by atoms with van der Waals surface area (Å²) >= 11 is 0. The second-order valence-electron chi connectivity index (χ2n) is 5.23. The average molecular weight is 266 g/mol. The molecule has 1 aromatic rings. The maximum atomic E-state index is 5.76. The van der Waals surface area contributed by atoms with E-state index in [0.29, 0.717) is 25.0 Å². The van der Waals surface area contributed by atoms with Crippen LogP contribution in [-0.4, -0.2) is 27.1 Å². The molecule has 0 spiro atoms. The van der Waals surface area contributed by atoms with E-state index in [4.69, 9.17) is 14.2 Å². The van der Waals surface area contributed by atoms with Gasteiger partial charge in [0.25, 0.3) is 0 Å². The summed E-state index contributed by atoms with van der Waals surface area (Å²) < 4.78 is 16.0. The molecule has 0 bridgehead atoms. The first kappa shape index (κ1) is 16.0. The van der Waals surface area contributed by atoms with E-state index in [0.717, 1.165) is 5.75 Å². The standard InChI is InChI=1S/C16H26O3/c1-12(2)14-7-6-8-15(16(14)13(3)4)19-11-18-10-9-17-5/h6-8,12-13H,9-11H2,1-5H3. The van der Waals surface area contributed by atoms with Gasteiger partial charge in [0.15, 0.2) is 6.79 Å². The number of rotatable bonds is 8. The first-order valence-electron chi connectivity index (χ1n) is 6.90. The Kier molecular flexibility index (Phi) is 6.89. The summed E-state index contributed by atoms with van der Waals surface area (Å²) in [6.45, 7) is 10.2. The highest BCUT2D eigenvalue weighted by atomic mass is 16.7. The fourth-order valence-electron chi connectivity index (χ4n) is 2.11. The lowest BCUT2D eigenvalue weighted by atomic mass is 9.90. The fraction of sp³-hybridized carbons (Fsp3) is 0.625. The Morgan fingerprint density at radius 3 is 2.32 bits per heavy atom. The molecule has 0 unspecified atom stereocenters. The summed E-state index contributed by atoms with van der Waals surface area (Å²) in [5, 5.41) is 0. The topological polar surface area (TPSA) is 27.7 Å². The SMILES string of the molecule is COCCOCOc1cccc(C(C)C)c1C(C)C. The summed E-state index contributed by atoms with van der Waals surface area (Å²) in [6.07, 6.45) is 0. The van der Waals surface area contributed by atoms with E-state index in [1.165, 1.54) is 11.1 Å². The van der Waals surface area contributed by atoms with Gasteiger partial charge >= 0.3 is 0 Å². The lowest BCUT2D eigenvalue weighted by molar-refractivity contribution is -0.00899. The predicted molar refractivity (Wildman–Crippen MR) is 77.9 cm³/mol. The van der Waals surface area contributed by atoms with Crippen molar-refractivity contribution in [3.8, 4) is 5.75 Å². The molecule has 0 saturated carbocycles. The zero-order valence-electron chi connectivity index (χ0n) is 12.7. The van der Waals surface area contributed by atoms with Gasteiger partial charge in [0.2, 0.25) is 0 Å². The van der Waals surface area contributed by atoms with E-state index >= 15 is 0 Å². The van der Waals surface area contributed by atoms with Crippen LogP contribution in [0.1, 0.15) is 50.7 Å². The molecule has 108 valence electrons. The lowest BCUT2D eigenvalue weighted by Gasteiger charge is -2.20. The van der Waals surface area contributed by atoms with E-state index in [2.05, 4.69) is 33.8 Å². The molecule has 0 aliphatic heterocycles. The smallest absolute Gasteiger partial charge is 0.189 e. The first-order chi connectivity index (χ1) is 9.07. The third kappa shape index (κ3) is 4.84. The van der Waals surface area contributed by atoms with Crippen molar-refractivity contribution in [2.24, 2.45) is 0 Å². The molecule has 0 N–H and O–H groups in total. The Morgan fingerprint density at radius 2 is 1.74 bits per heavy atom. The van der Waals surface area contributed by atoms with Crippen LogP contribution in [0, 0.1) is 0 Å². The van der Waals surface area contributed by atoms with Gasteiger partial charge in [-0.2, -0.15) is 0 Å². The highest BCUT2D eigenvalue weighted by molar-refractivity contribution is 5.43. The van der Waals surface area contributed by atoms with E-state index in [1.807, 2.05) is 12.1 Å². The highest BCUT2D eigenvalue weighted by Gasteiger charge is 2.15. The minimum absolute atomic E-state index is 0.268. The fourth-order valence-corrected chi connectivity index (χ4v) is 2.11. The third-order valence-corrected chi connectivity index (χ3v) is 3.03. The zero-order chi connectivity index (χ0) is 14.3. The molecule has 0 saturated heterocycles. The summed E-state index contributed by atoms with van der Waals surface area (Å²) in [5.41, 5.74) is 2.64. The van der Waals surface area contributed by atoms with Gasteiger partial charge in [0.1, 0.15) is 5.75 Å². The van der Waals surface area contributed by atoms with Gasteiger partial charge in [-0.25, -0.2) is 0 Å². The Morgan fingerprint density at radius 1 is 1.00 bits per heavy atom. The van der Waals surface area contributed by atoms with Crippen molar-refractivity contribution in [1.82, 2.24) is 0 Å². The zero-order valence-corrected chi connectivity index (χ0v) is 12.7. The van der Waals surface area contributed by atoms with E-state index in [9.17, 15) is 0 Å². The molecule has 0 radical (unpaired) electrons. The Bertz CT molecular complexity index is 372. The number of hydrogen-bond donors (Lipinski definition) is 0. The van der Waals surface area contributed by atoms with Crippen molar-refractivity contribution in [1.29, 1.82) is 0 Å². The number of hydrogen-bond acceptors (Lipinski definition) is 3. The molecule has 0 aliphatic rings. The van der Waals surface area contributed by atoms with Crippen molar-refractivity contribution in [3.05, 3.63) is 29.3 Å². The first-order valence-corrected chi connectivity index (χ1v) is 6.90. The van der Waals surface area contributed by atoms with Crippen molar-refractivity contribution in [2.75, 3.05) is 27.1 Å². The normalized spacial score (nSPS) is 11.3. The molecule has 0 fully saturated rings. The van der Waals surface area contributed by atoms with Gasteiger partial charge in [-0.15, -0.1) is 0 Å². The number of methoxy groups -OCH3 is 1. The van der Waals surface area contributed by atoms with Gasteiger partial charge in [-0.3, -0.25) is 0 Å². The Balaban J connectivity index is 2.74. The van der Waals surface area contributed by atoms with Crippen molar-refractivity contribution in [2.45, 2.75) is 39.5 Å². The largest absolute Gasteiger partial charge is 0.467 e. The van der Waals surface area contributed by atoms with Crippen LogP contribution in [0.5, 0.6) is 5.75 Å². The van der Waals surface area contributed by atoms with E-state index < -0.39 is 0 Å². The van der Waals surface area contributed by atoms with Crippen molar-refractivity contribution >= 4 is 0 Å². The molecular formula is C16H26O3. The maximum absolute atomic E-state index is 5.76. The van der Waals surface area contributed by atoms with Crippen LogP contribution < -0.4 is 4.74 Å². The van der Waals surface area contributed by atoms with Gasteiger partial charge in [0.05, 0.1) is 13.2 Å². The number of ether oxygens (including phenoxy) is 3. The minimum atomic E-state index is 0.268. The number of benzene rings is 1. The van der Waals surface area contributed by atoms with Gasteiger partial charge in [-0.05, 0) is 23.5 Å². The quantitative estimate of drug-likeness (QED) is 0.527. The van der Waals surface area contributed by atoms with Gasteiger partial charge < -0.3 is 14.2 Å². The molecule has 1 aromatic carbocycles. The summed E-state index contributed by atoms with van der Waals surface area (Å²) in [5.74, 6) is 1.86.